The zero-order valence-corrected chi connectivity index (χ0v) is 16.0. The Morgan fingerprint density at radius 3 is 2.70 bits per heavy atom. The highest BCUT2D eigenvalue weighted by molar-refractivity contribution is 5.96. The maximum atomic E-state index is 12.4. The van der Waals surface area contributed by atoms with Crippen LogP contribution < -0.4 is 16.0 Å². The molecule has 3 heterocycles. The number of benzene rings is 2. The van der Waals surface area contributed by atoms with E-state index in [9.17, 15) is 14.4 Å². The van der Waals surface area contributed by atoms with Crippen molar-refractivity contribution in [3.8, 4) is 11.4 Å². The van der Waals surface area contributed by atoms with Crippen LogP contribution in [0.1, 0.15) is 18.2 Å². The lowest BCUT2D eigenvalue weighted by Crippen LogP contribution is -2.34. The Morgan fingerprint density at radius 2 is 1.90 bits per heavy atom. The molecule has 1 saturated heterocycles. The van der Waals surface area contributed by atoms with Crippen LogP contribution in [0.15, 0.2) is 62.6 Å². The van der Waals surface area contributed by atoms with Gasteiger partial charge in [0.05, 0.1) is 17.0 Å². The number of aromatic nitrogens is 4. The molecular weight excluding hydrogens is 386 g/mol. The lowest BCUT2D eigenvalue weighted by molar-refractivity contribution is -0.117. The Bertz CT molecular complexity index is 1390. The van der Waals surface area contributed by atoms with Gasteiger partial charge in [-0.05, 0) is 30.3 Å². The van der Waals surface area contributed by atoms with E-state index in [1.54, 1.807) is 30.1 Å². The molecule has 0 saturated carbocycles. The predicted octanol–water partition coefficient (Wildman–Crippen LogP) is 1.80. The molecule has 9 heteroatoms. The number of fused-ring (bicyclic) bond motifs is 1. The van der Waals surface area contributed by atoms with Crippen molar-refractivity contribution in [1.82, 2.24) is 19.7 Å². The SMILES string of the molecule is Cn1c(=O)c(=O)[nH]c2cc(-c3noc(C4CC(=O)N(c5ccccc5)C4)n3)ccc21. The summed E-state index contributed by atoms with van der Waals surface area (Å²) in [6.45, 7) is 0.470. The molecule has 1 unspecified atom stereocenters. The smallest absolute Gasteiger partial charge is 0.316 e. The maximum Gasteiger partial charge on any atom is 0.316 e. The van der Waals surface area contributed by atoms with E-state index in [-0.39, 0.29) is 11.8 Å². The fourth-order valence-electron chi connectivity index (χ4n) is 3.75. The largest absolute Gasteiger partial charge is 0.339 e. The van der Waals surface area contributed by atoms with Gasteiger partial charge in [0.1, 0.15) is 0 Å². The Labute approximate surface area is 169 Å². The lowest BCUT2D eigenvalue weighted by atomic mass is 10.1. The fourth-order valence-corrected chi connectivity index (χ4v) is 3.75. The van der Waals surface area contributed by atoms with Gasteiger partial charge in [-0.1, -0.05) is 23.4 Å². The normalized spacial score (nSPS) is 16.5. The van der Waals surface area contributed by atoms with Crippen LogP contribution in [0.25, 0.3) is 22.4 Å². The molecule has 1 atom stereocenters. The number of hydrogen-bond donors (Lipinski definition) is 1. The first-order valence-electron chi connectivity index (χ1n) is 9.44. The number of nitrogens with one attached hydrogen (secondary N) is 1. The van der Waals surface area contributed by atoms with Crippen LogP contribution >= 0.6 is 0 Å². The van der Waals surface area contributed by atoms with Crippen molar-refractivity contribution in [3.63, 3.8) is 0 Å². The van der Waals surface area contributed by atoms with Crippen molar-refractivity contribution in [2.75, 3.05) is 11.4 Å². The van der Waals surface area contributed by atoms with Gasteiger partial charge in [-0.3, -0.25) is 14.4 Å². The van der Waals surface area contributed by atoms with Crippen molar-refractivity contribution < 1.29 is 9.32 Å². The van der Waals surface area contributed by atoms with Gasteiger partial charge >= 0.3 is 11.1 Å². The molecular formula is C21H17N5O4. The molecule has 2 aromatic heterocycles. The van der Waals surface area contributed by atoms with Crippen molar-refractivity contribution in [2.24, 2.45) is 7.05 Å². The standard InChI is InChI=1S/C21H17N5O4/c1-25-16-8-7-12(9-15(16)22-19(28)21(25)29)18-23-20(30-24-18)13-10-17(27)26(11-13)14-5-3-2-4-6-14/h2-9,13H,10-11H2,1H3,(H,22,28). The summed E-state index contributed by atoms with van der Waals surface area (Å²) in [5.74, 6) is 0.563. The van der Waals surface area contributed by atoms with E-state index in [1.807, 2.05) is 30.3 Å². The Balaban J connectivity index is 1.45. The second-order valence-electron chi connectivity index (χ2n) is 7.25. The molecule has 0 radical (unpaired) electrons. The van der Waals surface area contributed by atoms with Crippen LogP contribution in [-0.2, 0) is 11.8 Å². The number of carbonyl (C=O) groups excluding carboxylic acids is 1. The molecule has 0 aliphatic carbocycles. The van der Waals surface area contributed by atoms with Crippen LogP contribution in [0.5, 0.6) is 0 Å². The first kappa shape index (κ1) is 18.0. The summed E-state index contributed by atoms with van der Waals surface area (Å²) in [5.41, 5.74) is 1.25. The molecule has 1 N–H and O–H groups in total. The molecule has 0 spiro atoms. The molecule has 0 bridgehead atoms. The number of nitrogens with zero attached hydrogens (tertiary/aromatic N) is 4. The second kappa shape index (κ2) is 6.80. The summed E-state index contributed by atoms with van der Waals surface area (Å²) < 4.78 is 6.74. The summed E-state index contributed by atoms with van der Waals surface area (Å²) >= 11 is 0. The van der Waals surface area contributed by atoms with Crippen LogP contribution in [0, 0.1) is 0 Å². The minimum Gasteiger partial charge on any atom is -0.339 e. The van der Waals surface area contributed by atoms with Crippen molar-refractivity contribution in [1.29, 1.82) is 0 Å². The Hall–Kier alpha value is -4.01. The second-order valence-corrected chi connectivity index (χ2v) is 7.25. The molecule has 9 nitrogen and oxygen atoms in total. The van der Waals surface area contributed by atoms with E-state index < -0.39 is 11.1 Å². The highest BCUT2D eigenvalue weighted by atomic mass is 16.5. The van der Waals surface area contributed by atoms with Gasteiger partial charge in [-0.2, -0.15) is 4.98 Å². The van der Waals surface area contributed by atoms with E-state index in [0.717, 1.165) is 5.69 Å². The number of aromatic amines is 1. The highest BCUT2D eigenvalue weighted by Crippen LogP contribution is 2.32. The number of amides is 1. The lowest BCUT2D eigenvalue weighted by Gasteiger charge is -2.15. The number of carbonyl (C=O) groups is 1. The monoisotopic (exact) mass is 403 g/mol. The van der Waals surface area contributed by atoms with Gasteiger partial charge in [0.15, 0.2) is 0 Å². The van der Waals surface area contributed by atoms with Gasteiger partial charge in [0.25, 0.3) is 0 Å². The molecule has 30 heavy (non-hydrogen) atoms. The minimum absolute atomic E-state index is 0.00940. The van der Waals surface area contributed by atoms with E-state index in [2.05, 4.69) is 15.1 Å². The summed E-state index contributed by atoms with van der Waals surface area (Å²) in [4.78, 5) is 44.8. The van der Waals surface area contributed by atoms with Crippen molar-refractivity contribution >= 4 is 22.6 Å². The number of aryl methyl sites for hydroxylation is 1. The molecule has 5 rings (SSSR count). The third-order valence-corrected chi connectivity index (χ3v) is 5.35. The third-order valence-electron chi connectivity index (χ3n) is 5.35. The number of rotatable bonds is 3. The molecule has 2 aromatic carbocycles. The van der Waals surface area contributed by atoms with Crippen LogP contribution in [0.4, 0.5) is 5.69 Å². The topological polar surface area (TPSA) is 114 Å². The first-order chi connectivity index (χ1) is 14.5. The van der Waals surface area contributed by atoms with Gasteiger partial charge in [0, 0.05) is 31.3 Å². The van der Waals surface area contributed by atoms with E-state index >= 15 is 0 Å². The third kappa shape index (κ3) is 2.91. The minimum atomic E-state index is -0.693. The van der Waals surface area contributed by atoms with Crippen LogP contribution in [-0.4, -0.2) is 32.1 Å². The van der Waals surface area contributed by atoms with E-state index in [0.29, 0.717) is 41.3 Å². The van der Waals surface area contributed by atoms with Gasteiger partial charge in [0.2, 0.25) is 17.6 Å². The zero-order valence-electron chi connectivity index (χ0n) is 16.0. The van der Waals surface area contributed by atoms with Gasteiger partial charge in [-0.25, -0.2) is 0 Å². The molecule has 1 aliphatic heterocycles. The van der Waals surface area contributed by atoms with Crippen LogP contribution in [0.2, 0.25) is 0 Å². The molecule has 1 fully saturated rings. The summed E-state index contributed by atoms with van der Waals surface area (Å²) in [7, 11) is 1.54. The summed E-state index contributed by atoms with van der Waals surface area (Å²) in [5, 5.41) is 4.05. The summed E-state index contributed by atoms with van der Waals surface area (Å²) in [6, 6.07) is 14.6. The average Bonchev–Trinajstić information content (AvgIpc) is 3.39. The zero-order chi connectivity index (χ0) is 20.8. The number of hydrogen-bond acceptors (Lipinski definition) is 6. The molecule has 1 aliphatic rings. The number of H-pyrrole nitrogens is 1. The van der Waals surface area contributed by atoms with Crippen molar-refractivity contribution in [2.45, 2.75) is 12.3 Å². The molecule has 1 amide bonds. The van der Waals surface area contributed by atoms with Crippen molar-refractivity contribution in [3.05, 3.63) is 75.1 Å². The molecule has 4 aromatic rings. The van der Waals surface area contributed by atoms with Crippen LogP contribution in [0.3, 0.4) is 0 Å². The fraction of sp³-hybridized carbons (Fsp3) is 0.190. The molecule has 150 valence electrons. The number of para-hydroxylation sites is 1. The van der Waals surface area contributed by atoms with E-state index in [4.69, 9.17) is 4.52 Å². The first-order valence-corrected chi connectivity index (χ1v) is 9.44. The quantitative estimate of drug-likeness (QED) is 0.522. The van der Waals surface area contributed by atoms with Gasteiger partial charge < -0.3 is 19.0 Å². The van der Waals surface area contributed by atoms with Gasteiger partial charge in [-0.15, -0.1) is 0 Å². The number of anilines is 1. The predicted molar refractivity (Wildman–Crippen MR) is 109 cm³/mol. The van der Waals surface area contributed by atoms with E-state index in [1.165, 1.54) is 4.57 Å². The Morgan fingerprint density at radius 1 is 1.10 bits per heavy atom. The average molecular weight is 403 g/mol. The maximum absolute atomic E-state index is 12.4. The highest BCUT2D eigenvalue weighted by Gasteiger charge is 2.35. The Kier molecular flexibility index (Phi) is 4.09. The summed E-state index contributed by atoms with van der Waals surface area (Å²) in [6.07, 6.45) is 0.295.